The van der Waals surface area contributed by atoms with Crippen LogP contribution >= 0.6 is 0 Å². The van der Waals surface area contributed by atoms with Gasteiger partial charge in [0.1, 0.15) is 0 Å². The number of rotatable bonds is 6. The number of nitrogens with one attached hydrogen (secondary N) is 1. The molecule has 2 saturated carbocycles. The van der Waals surface area contributed by atoms with E-state index in [1.807, 2.05) is 43.1 Å². The Bertz CT molecular complexity index is 1030. The molecule has 1 aliphatic heterocycles. The maximum absolute atomic E-state index is 13.7. The molecule has 33 heavy (non-hydrogen) atoms. The number of benzene rings is 1. The third-order valence-electron chi connectivity index (χ3n) is 8.15. The number of carbonyl (C=O) groups excluding carboxylic acids is 2. The van der Waals surface area contributed by atoms with Crippen molar-refractivity contribution in [3.63, 3.8) is 0 Å². The van der Waals surface area contributed by atoms with Gasteiger partial charge in [0.05, 0.1) is 5.41 Å². The van der Waals surface area contributed by atoms with E-state index < -0.39 is 5.41 Å². The Labute approximate surface area is 197 Å². The van der Waals surface area contributed by atoms with Crippen molar-refractivity contribution in [3.05, 3.63) is 54.4 Å². The van der Waals surface area contributed by atoms with Crippen LogP contribution in [0, 0.1) is 16.7 Å². The number of pyridine rings is 1. The zero-order chi connectivity index (χ0) is 23.1. The van der Waals surface area contributed by atoms with E-state index in [1.54, 1.807) is 6.20 Å². The number of piperidine rings is 1. The number of aromatic nitrogens is 1. The van der Waals surface area contributed by atoms with E-state index in [0.29, 0.717) is 18.4 Å². The highest BCUT2D eigenvalue weighted by Gasteiger charge is 2.62. The van der Waals surface area contributed by atoms with E-state index >= 15 is 0 Å². The lowest BCUT2D eigenvalue weighted by Gasteiger charge is -2.43. The van der Waals surface area contributed by atoms with E-state index in [1.165, 1.54) is 19.3 Å². The average Bonchev–Trinajstić information content (AvgIpc) is 3.56. The molecule has 1 saturated heterocycles. The predicted octanol–water partition coefficient (Wildman–Crippen LogP) is 4.61. The van der Waals surface area contributed by atoms with E-state index in [9.17, 15) is 9.59 Å². The van der Waals surface area contributed by atoms with Crippen LogP contribution in [0.25, 0.3) is 11.1 Å². The number of likely N-dealkylation sites (tertiary alicyclic amines) is 1. The van der Waals surface area contributed by atoms with Gasteiger partial charge in [-0.2, -0.15) is 0 Å². The van der Waals surface area contributed by atoms with Crippen molar-refractivity contribution in [2.45, 2.75) is 64.8 Å². The summed E-state index contributed by atoms with van der Waals surface area (Å²) >= 11 is 0. The molecule has 2 atom stereocenters. The number of hydrogen-bond donors (Lipinski definition) is 1. The normalized spacial score (nSPS) is 25.5. The lowest BCUT2D eigenvalue weighted by molar-refractivity contribution is -0.143. The van der Waals surface area contributed by atoms with E-state index in [4.69, 9.17) is 0 Å². The van der Waals surface area contributed by atoms with Crippen LogP contribution in [-0.2, 0) is 16.0 Å². The summed E-state index contributed by atoms with van der Waals surface area (Å²) in [5, 5.41) is 3.19. The largest absolute Gasteiger partial charge is 0.353 e. The first-order chi connectivity index (χ1) is 15.9. The number of amides is 2. The Morgan fingerprint density at radius 3 is 2.61 bits per heavy atom. The molecule has 0 radical (unpaired) electrons. The third-order valence-corrected chi connectivity index (χ3v) is 8.15. The molecule has 2 amide bonds. The van der Waals surface area contributed by atoms with Gasteiger partial charge >= 0.3 is 0 Å². The van der Waals surface area contributed by atoms with E-state index in [0.717, 1.165) is 42.5 Å². The molecule has 0 bridgehead atoms. The zero-order valence-corrected chi connectivity index (χ0v) is 19.8. The van der Waals surface area contributed by atoms with Gasteiger partial charge < -0.3 is 10.2 Å². The Kier molecular flexibility index (Phi) is 5.75. The van der Waals surface area contributed by atoms with Gasteiger partial charge in [0.2, 0.25) is 11.8 Å². The quantitative estimate of drug-likeness (QED) is 0.706. The minimum Gasteiger partial charge on any atom is -0.353 e. The summed E-state index contributed by atoms with van der Waals surface area (Å²) in [5.74, 6) is 0.555. The zero-order valence-electron chi connectivity index (χ0n) is 19.8. The van der Waals surface area contributed by atoms with Crippen LogP contribution in [0.15, 0.2) is 48.8 Å². The summed E-state index contributed by atoms with van der Waals surface area (Å²) in [4.78, 5) is 33.4. The lowest BCUT2D eigenvalue weighted by atomic mass is 9.72. The summed E-state index contributed by atoms with van der Waals surface area (Å²) in [6, 6.07) is 12.4. The highest BCUT2D eigenvalue weighted by Crippen LogP contribution is 2.66. The van der Waals surface area contributed by atoms with Gasteiger partial charge in [-0.05, 0) is 75.0 Å². The van der Waals surface area contributed by atoms with Crippen LogP contribution in [0.4, 0.5) is 0 Å². The van der Waals surface area contributed by atoms with Crippen LogP contribution in [0.1, 0.15) is 57.9 Å². The fourth-order valence-electron chi connectivity index (χ4n) is 6.09. The van der Waals surface area contributed by atoms with Crippen molar-refractivity contribution in [2.75, 3.05) is 13.1 Å². The number of nitrogens with zero attached hydrogens (tertiary/aromatic N) is 2. The monoisotopic (exact) mass is 445 g/mol. The molecular formula is C28H35N3O2. The second kappa shape index (κ2) is 8.58. The van der Waals surface area contributed by atoms with Gasteiger partial charge in [-0.15, -0.1) is 0 Å². The van der Waals surface area contributed by atoms with Gasteiger partial charge in [-0.3, -0.25) is 14.6 Å². The van der Waals surface area contributed by atoms with Crippen molar-refractivity contribution < 1.29 is 9.59 Å². The Hall–Kier alpha value is -2.69. The van der Waals surface area contributed by atoms with Crippen molar-refractivity contribution >= 4 is 11.8 Å². The van der Waals surface area contributed by atoms with Crippen LogP contribution in [0.5, 0.6) is 0 Å². The summed E-state index contributed by atoms with van der Waals surface area (Å²) in [6.45, 7) is 5.29. The fourth-order valence-corrected chi connectivity index (χ4v) is 6.09. The van der Waals surface area contributed by atoms with Crippen molar-refractivity contribution in [1.82, 2.24) is 15.2 Å². The van der Waals surface area contributed by atoms with Crippen molar-refractivity contribution in [3.8, 4) is 11.1 Å². The van der Waals surface area contributed by atoms with E-state index in [-0.39, 0.29) is 23.8 Å². The molecule has 1 aromatic heterocycles. The number of carbonyl (C=O) groups is 2. The first kappa shape index (κ1) is 22.1. The maximum atomic E-state index is 13.7. The molecule has 1 aromatic carbocycles. The molecule has 174 valence electrons. The summed E-state index contributed by atoms with van der Waals surface area (Å²) in [7, 11) is 0. The molecule has 0 unspecified atom stereocenters. The van der Waals surface area contributed by atoms with Crippen LogP contribution in [0.2, 0.25) is 0 Å². The molecule has 5 heteroatoms. The molecule has 2 heterocycles. The second-order valence-electron chi connectivity index (χ2n) is 10.8. The third kappa shape index (κ3) is 4.18. The van der Waals surface area contributed by atoms with Gasteiger partial charge in [0, 0.05) is 43.0 Å². The standard InChI is InChI=1S/C28H35N3O2/c1-20(2)30-26(33)28(16-21-8-3-4-10-23(21)22-9-5-14-29-18-22)13-7-15-31(19-28)25(32)24-17-27(24)11-6-12-27/h3-5,8-10,14,18,20,24H,6-7,11-13,15-17,19H2,1-2H3,(H,30,33)/t24-,28-/m0/s1. The van der Waals surface area contributed by atoms with Crippen LogP contribution in [-0.4, -0.2) is 40.8 Å². The number of hydrogen-bond acceptors (Lipinski definition) is 3. The first-order valence-electron chi connectivity index (χ1n) is 12.5. The van der Waals surface area contributed by atoms with Crippen molar-refractivity contribution in [1.29, 1.82) is 0 Å². The highest BCUT2D eigenvalue weighted by molar-refractivity contribution is 5.87. The second-order valence-corrected chi connectivity index (χ2v) is 10.8. The SMILES string of the molecule is CC(C)NC(=O)[C@]1(Cc2ccccc2-c2cccnc2)CCCN(C(=O)[C@@H]2CC23CCC3)C1. The minimum atomic E-state index is -0.613. The van der Waals surface area contributed by atoms with Gasteiger partial charge in [-0.25, -0.2) is 0 Å². The molecule has 3 aliphatic rings. The Morgan fingerprint density at radius 2 is 1.94 bits per heavy atom. The van der Waals surface area contributed by atoms with Crippen molar-refractivity contribution in [2.24, 2.45) is 16.7 Å². The van der Waals surface area contributed by atoms with Gasteiger partial charge in [-0.1, -0.05) is 36.8 Å². The lowest BCUT2D eigenvalue weighted by Crippen LogP contribution is -2.56. The van der Waals surface area contributed by atoms with Crippen LogP contribution in [0.3, 0.4) is 0 Å². The molecule has 3 fully saturated rings. The smallest absolute Gasteiger partial charge is 0.228 e. The molecule has 1 spiro atoms. The molecule has 2 aromatic rings. The Morgan fingerprint density at radius 1 is 1.12 bits per heavy atom. The summed E-state index contributed by atoms with van der Waals surface area (Å²) < 4.78 is 0. The Balaban J connectivity index is 1.44. The highest BCUT2D eigenvalue weighted by atomic mass is 16.2. The first-order valence-corrected chi connectivity index (χ1v) is 12.5. The molecule has 1 N–H and O–H groups in total. The average molecular weight is 446 g/mol. The summed E-state index contributed by atoms with van der Waals surface area (Å²) in [6.07, 6.45) is 10.7. The molecule has 5 nitrogen and oxygen atoms in total. The fraction of sp³-hybridized carbons (Fsp3) is 0.536. The van der Waals surface area contributed by atoms with Gasteiger partial charge in [0.25, 0.3) is 0 Å². The topological polar surface area (TPSA) is 62.3 Å². The van der Waals surface area contributed by atoms with Gasteiger partial charge in [0.15, 0.2) is 0 Å². The molecular weight excluding hydrogens is 410 g/mol. The minimum absolute atomic E-state index is 0.0655. The van der Waals surface area contributed by atoms with Crippen LogP contribution < -0.4 is 5.32 Å². The summed E-state index contributed by atoms with van der Waals surface area (Å²) in [5.41, 5.74) is 3.01. The molecule has 2 aliphatic carbocycles. The maximum Gasteiger partial charge on any atom is 0.228 e. The predicted molar refractivity (Wildman–Crippen MR) is 129 cm³/mol. The van der Waals surface area contributed by atoms with E-state index in [2.05, 4.69) is 28.5 Å². The molecule has 5 rings (SSSR count).